The molecule has 1 aromatic heterocycles. The average Bonchev–Trinajstić information content (AvgIpc) is 2.29. The number of aryl methyl sites for hydroxylation is 1. The number of anilines is 1. The Hall–Kier alpha value is -1.79. The van der Waals surface area contributed by atoms with Gasteiger partial charge in [0.2, 0.25) is 0 Å². The second-order valence-electron chi connectivity index (χ2n) is 4.24. The van der Waals surface area contributed by atoms with Crippen LogP contribution >= 0.6 is 0 Å². The van der Waals surface area contributed by atoms with E-state index in [1.54, 1.807) is 13.8 Å². The minimum atomic E-state index is -4.42. The first-order valence-corrected chi connectivity index (χ1v) is 5.82. The number of rotatable bonds is 4. The largest absolute Gasteiger partial charge is 0.406 e. The molecule has 0 radical (unpaired) electrons. The smallest absolute Gasteiger partial charge is 0.397 e. The summed E-state index contributed by atoms with van der Waals surface area (Å²) in [5, 5.41) is 0. The molecule has 0 atom stereocenters. The van der Waals surface area contributed by atoms with Gasteiger partial charge in [0.25, 0.3) is 5.91 Å². The summed E-state index contributed by atoms with van der Waals surface area (Å²) >= 11 is 0. The summed E-state index contributed by atoms with van der Waals surface area (Å²) < 4.78 is 37.4. The lowest BCUT2D eigenvalue weighted by atomic mass is 10.1. The van der Waals surface area contributed by atoms with Gasteiger partial charge in [0, 0.05) is 6.54 Å². The van der Waals surface area contributed by atoms with E-state index >= 15 is 0 Å². The number of aromatic nitrogens is 1. The number of halogens is 3. The van der Waals surface area contributed by atoms with Crippen LogP contribution in [0.5, 0.6) is 0 Å². The number of nitrogen functional groups attached to an aromatic ring is 1. The highest BCUT2D eigenvalue weighted by Crippen LogP contribution is 2.20. The monoisotopic (exact) mass is 275 g/mol. The van der Waals surface area contributed by atoms with Gasteiger partial charge in [-0.2, -0.15) is 13.2 Å². The number of hydrogen-bond acceptors (Lipinski definition) is 3. The summed E-state index contributed by atoms with van der Waals surface area (Å²) in [4.78, 5) is 16.8. The average molecular weight is 275 g/mol. The van der Waals surface area contributed by atoms with E-state index in [2.05, 4.69) is 4.98 Å². The number of carbonyl (C=O) groups excluding carboxylic acids is 1. The van der Waals surface area contributed by atoms with E-state index in [4.69, 9.17) is 5.73 Å². The molecule has 19 heavy (non-hydrogen) atoms. The summed E-state index contributed by atoms with van der Waals surface area (Å²) in [6.07, 6.45) is -2.62. The first kappa shape index (κ1) is 15.3. The van der Waals surface area contributed by atoms with Gasteiger partial charge >= 0.3 is 6.18 Å². The maximum absolute atomic E-state index is 12.5. The minimum absolute atomic E-state index is 0.0343. The van der Waals surface area contributed by atoms with Crippen LogP contribution in [0.2, 0.25) is 0 Å². The van der Waals surface area contributed by atoms with Crippen LogP contribution in [0.15, 0.2) is 12.3 Å². The van der Waals surface area contributed by atoms with Crippen LogP contribution in [-0.2, 0) is 0 Å². The summed E-state index contributed by atoms with van der Waals surface area (Å²) in [6.45, 7) is 2.03. The van der Waals surface area contributed by atoms with Gasteiger partial charge in [-0.05, 0) is 19.4 Å². The zero-order valence-corrected chi connectivity index (χ0v) is 10.8. The highest BCUT2D eigenvalue weighted by Gasteiger charge is 2.33. The summed E-state index contributed by atoms with van der Waals surface area (Å²) in [5.74, 6) is -0.698. The molecule has 0 bridgehead atoms. The van der Waals surface area contributed by atoms with Crippen molar-refractivity contribution in [2.45, 2.75) is 26.4 Å². The lowest BCUT2D eigenvalue weighted by Crippen LogP contribution is -2.39. The molecule has 4 nitrogen and oxygen atoms in total. The van der Waals surface area contributed by atoms with Crippen LogP contribution in [-0.4, -0.2) is 35.1 Å². The Morgan fingerprint density at radius 1 is 1.47 bits per heavy atom. The Labute approximate surface area is 109 Å². The Balaban J connectivity index is 3.02. The summed E-state index contributed by atoms with van der Waals surface area (Å²) in [6, 6.07) is 1.35. The number of pyridine rings is 1. The maximum atomic E-state index is 12.5. The lowest BCUT2D eigenvalue weighted by molar-refractivity contribution is -0.140. The Kier molecular flexibility index (Phi) is 4.74. The molecule has 0 saturated heterocycles. The van der Waals surface area contributed by atoms with Crippen LogP contribution in [0, 0.1) is 6.92 Å². The Morgan fingerprint density at radius 2 is 2.11 bits per heavy atom. The molecule has 0 spiro atoms. The third kappa shape index (κ3) is 4.42. The van der Waals surface area contributed by atoms with Crippen LogP contribution in [0.1, 0.15) is 29.4 Å². The van der Waals surface area contributed by atoms with Crippen molar-refractivity contribution in [1.82, 2.24) is 9.88 Å². The van der Waals surface area contributed by atoms with Crippen molar-refractivity contribution in [1.29, 1.82) is 0 Å². The van der Waals surface area contributed by atoms with Crippen LogP contribution < -0.4 is 5.73 Å². The van der Waals surface area contributed by atoms with Crippen molar-refractivity contribution in [3.05, 3.63) is 23.5 Å². The van der Waals surface area contributed by atoms with Gasteiger partial charge in [-0.1, -0.05) is 6.92 Å². The predicted molar refractivity (Wildman–Crippen MR) is 65.6 cm³/mol. The van der Waals surface area contributed by atoms with Crippen molar-refractivity contribution < 1.29 is 18.0 Å². The molecule has 0 aliphatic heterocycles. The number of carbonyl (C=O) groups is 1. The van der Waals surface area contributed by atoms with Gasteiger partial charge in [-0.25, -0.2) is 0 Å². The number of hydrogen-bond donors (Lipinski definition) is 1. The van der Waals surface area contributed by atoms with Gasteiger partial charge < -0.3 is 10.6 Å². The van der Waals surface area contributed by atoms with E-state index < -0.39 is 18.6 Å². The zero-order chi connectivity index (χ0) is 14.6. The van der Waals surface area contributed by atoms with Crippen molar-refractivity contribution in [3.8, 4) is 0 Å². The van der Waals surface area contributed by atoms with Crippen LogP contribution in [0.4, 0.5) is 18.9 Å². The van der Waals surface area contributed by atoms with E-state index in [1.807, 2.05) is 0 Å². The van der Waals surface area contributed by atoms with Crippen molar-refractivity contribution in [2.24, 2.45) is 0 Å². The fraction of sp³-hybridized carbons (Fsp3) is 0.500. The minimum Gasteiger partial charge on any atom is -0.397 e. The van der Waals surface area contributed by atoms with Gasteiger partial charge in [-0.3, -0.25) is 9.78 Å². The van der Waals surface area contributed by atoms with Gasteiger partial charge in [0.15, 0.2) is 0 Å². The summed E-state index contributed by atoms with van der Waals surface area (Å²) in [5.41, 5.74) is 6.23. The van der Waals surface area contributed by atoms with E-state index in [0.717, 1.165) is 4.90 Å². The van der Waals surface area contributed by atoms with Crippen LogP contribution in [0.3, 0.4) is 0 Å². The number of amides is 1. The molecule has 0 aliphatic rings. The van der Waals surface area contributed by atoms with Gasteiger partial charge in [-0.15, -0.1) is 0 Å². The first-order valence-electron chi connectivity index (χ1n) is 5.82. The fourth-order valence-corrected chi connectivity index (χ4v) is 1.67. The molecule has 0 aromatic carbocycles. The summed E-state index contributed by atoms with van der Waals surface area (Å²) in [7, 11) is 0. The number of alkyl halides is 3. The second kappa shape index (κ2) is 5.90. The molecular weight excluding hydrogens is 259 g/mol. The molecule has 2 N–H and O–H groups in total. The molecule has 0 unspecified atom stereocenters. The van der Waals surface area contributed by atoms with Crippen molar-refractivity contribution in [2.75, 3.05) is 18.8 Å². The van der Waals surface area contributed by atoms with Crippen LogP contribution in [0.25, 0.3) is 0 Å². The molecule has 106 valence electrons. The maximum Gasteiger partial charge on any atom is 0.406 e. The van der Waals surface area contributed by atoms with E-state index in [1.165, 1.54) is 12.3 Å². The molecular formula is C12H16F3N3O. The molecule has 0 aliphatic carbocycles. The highest BCUT2D eigenvalue weighted by molar-refractivity contribution is 5.96. The zero-order valence-electron chi connectivity index (χ0n) is 10.8. The molecule has 0 fully saturated rings. The third-order valence-electron chi connectivity index (χ3n) is 2.49. The molecule has 1 rings (SSSR count). The van der Waals surface area contributed by atoms with Gasteiger partial charge in [0.1, 0.15) is 6.54 Å². The lowest BCUT2D eigenvalue weighted by Gasteiger charge is -2.24. The number of nitrogens with two attached hydrogens (primary N) is 1. The van der Waals surface area contributed by atoms with Crippen molar-refractivity contribution in [3.63, 3.8) is 0 Å². The Morgan fingerprint density at radius 3 is 2.63 bits per heavy atom. The van der Waals surface area contributed by atoms with E-state index in [-0.39, 0.29) is 17.8 Å². The molecule has 1 amide bonds. The quantitative estimate of drug-likeness (QED) is 0.917. The molecule has 0 saturated carbocycles. The first-order chi connectivity index (χ1) is 8.74. The third-order valence-corrected chi connectivity index (χ3v) is 2.49. The fourth-order valence-electron chi connectivity index (χ4n) is 1.67. The second-order valence-corrected chi connectivity index (χ2v) is 4.24. The van der Waals surface area contributed by atoms with E-state index in [0.29, 0.717) is 12.1 Å². The van der Waals surface area contributed by atoms with Gasteiger partial charge in [0.05, 0.1) is 23.1 Å². The normalized spacial score (nSPS) is 11.4. The molecule has 7 heteroatoms. The Bertz CT molecular complexity index is 460. The predicted octanol–water partition coefficient (Wildman–Crippen LogP) is 2.39. The van der Waals surface area contributed by atoms with Crippen molar-refractivity contribution >= 4 is 11.6 Å². The highest BCUT2D eigenvalue weighted by atomic mass is 19.4. The standard InChI is InChI=1S/C12H16F3N3O/c1-3-4-18(7-12(13,14)15)11(19)10-5-9(16)6-17-8(10)2/h5-6H,3-4,7,16H2,1-2H3. The molecule has 1 aromatic rings. The SMILES string of the molecule is CCCN(CC(F)(F)F)C(=O)c1cc(N)cnc1C. The topological polar surface area (TPSA) is 59.2 Å². The molecule has 1 heterocycles. The number of nitrogens with zero attached hydrogens (tertiary/aromatic N) is 2. The van der Waals surface area contributed by atoms with E-state index in [9.17, 15) is 18.0 Å².